The number of rotatable bonds is 6. The molecule has 2 amide bonds. The molecule has 1 N–H and O–H groups in total. The molecule has 172 valence electrons. The minimum Gasteiger partial charge on any atom is -0.497 e. The Kier molecular flexibility index (Phi) is 5.33. The minimum atomic E-state index is -0.440. The van der Waals surface area contributed by atoms with Crippen molar-refractivity contribution < 1.29 is 23.8 Å². The summed E-state index contributed by atoms with van der Waals surface area (Å²) in [5.74, 6) is 1.01. The van der Waals surface area contributed by atoms with Crippen LogP contribution in [0.2, 0.25) is 0 Å². The predicted molar refractivity (Wildman–Crippen MR) is 129 cm³/mol. The lowest BCUT2D eigenvalue weighted by Crippen LogP contribution is -2.32. The second-order valence-electron chi connectivity index (χ2n) is 8.03. The molecule has 0 spiro atoms. The summed E-state index contributed by atoms with van der Waals surface area (Å²) in [6.45, 7) is 0.145. The van der Waals surface area contributed by atoms with E-state index in [-0.39, 0.29) is 18.1 Å². The largest absolute Gasteiger partial charge is 0.497 e. The molecule has 0 saturated heterocycles. The van der Waals surface area contributed by atoms with E-state index in [2.05, 4.69) is 5.32 Å². The molecule has 2 heterocycles. The zero-order valence-electron chi connectivity index (χ0n) is 19.0. The van der Waals surface area contributed by atoms with Crippen molar-refractivity contribution in [3.8, 4) is 17.2 Å². The molecule has 0 atom stereocenters. The first-order chi connectivity index (χ1) is 16.5. The van der Waals surface area contributed by atoms with Gasteiger partial charge in [-0.25, -0.2) is 4.90 Å². The van der Waals surface area contributed by atoms with Gasteiger partial charge in [-0.2, -0.15) is 0 Å². The van der Waals surface area contributed by atoms with E-state index in [0.717, 1.165) is 5.69 Å². The fraction of sp³-hybridized carbons (Fsp3) is 0.154. The molecule has 2 aliphatic rings. The van der Waals surface area contributed by atoms with Crippen LogP contribution in [0, 0.1) is 0 Å². The fourth-order valence-electron chi connectivity index (χ4n) is 3.93. The number of imide groups is 1. The molecular formula is C26H23N3O5. The van der Waals surface area contributed by atoms with Gasteiger partial charge >= 0.3 is 0 Å². The predicted octanol–water partition coefficient (Wildman–Crippen LogP) is 3.89. The summed E-state index contributed by atoms with van der Waals surface area (Å²) in [7, 11) is 5.38. The van der Waals surface area contributed by atoms with Crippen LogP contribution in [0.4, 0.5) is 17.1 Å². The summed E-state index contributed by atoms with van der Waals surface area (Å²) in [5, 5.41) is 3.16. The van der Waals surface area contributed by atoms with Gasteiger partial charge in [-0.1, -0.05) is 18.2 Å². The zero-order chi connectivity index (χ0) is 23.8. The van der Waals surface area contributed by atoms with E-state index < -0.39 is 11.8 Å². The fourth-order valence-corrected chi connectivity index (χ4v) is 3.93. The number of fused-ring (bicyclic) bond motifs is 1. The van der Waals surface area contributed by atoms with Crippen LogP contribution in [0.1, 0.15) is 5.56 Å². The number of carbonyl (C=O) groups excluding carboxylic acids is 2. The van der Waals surface area contributed by atoms with Crippen LogP contribution in [-0.4, -0.2) is 39.8 Å². The molecule has 0 fully saturated rings. The van der Waals surface area contributed by atoms with Gasteiger partial charge in [-0.15, -0.1) is 0 Å². The lowest BCUT2D eigenvalue weighted by Gasteiger charge is -2.19. The van der Waals surface area contributed by atoms with Gasteiger partial charge in [0, 0.05) is 31.5 Å². The number of hydrogen-bond donors (Lipinski definition) is 1. The SMILES string of the molecule is COc1ccc(C2=C(Nc3ccc4c(c3)OCO4)C(=O)N(c3cccc(N(C)C)c3)C2=O)cc1. The number of benzene rings is 3. The zero-order valence-corrected chi connectivity index (χ0v) is 19.0. The normalized spacial score (nSPS) is 14.6. The Morgan fingerprint density at radius 2 is 1.68 bits per heavy atom. The smallest absolute Gasteiger partial charge is 0.282 e. The van der Waals surface area contributed by atoms with Gasteiger partial charge < -0.3 is 24.4 Å². The molecule has 0 bridgehead atoms. The van der Waals surface area contributed by atoms with Crippen LogP contribution >= 0.6 is 0 Å². The average Bonchev–Trinajstić information content (AvgIpc) is 3.41. The maximum Gasteiger partial charge on any atom is 0.282 e. The van der Waals surface area contributed by atoms with Crippen LogP contribution in [-0.2, 0) is 9.59 Å². The first kappa shape index (κ1) is 21.4. The van der Waals surface area contributed by atoms with Gasteiger partial charge in [-0.05, 0) is 48.0 Å². The molecule has 0 saturated carbocycles. The van der Waals surface area contributed by atoms with E-state index in [1.165, 1.54) is 4.90 Å². The van der Waals surface area contributed by atoms with E-state index in [0.29, 0.717) is 34.2 Å². The van der Waals surface area contributed by atoms with Crippen molar-refractivity contribution in [1.82, 2.24) is 0 Å². The maximum atomic E-state index is 13.7. The van der Waals surface area contributed by atoms with Crippen LogP contribution in [0.3, 0.4) is 0 Å². The monoisotopic (exact) mass is 457 g/mol. The van der Waals surface area contributed by atoms with E-state index in [1.54, 1.807) is 55.6 Å². The number of carbonyl (C=O) groups is 2. The lowest BCUT2D eigenvalue weighted by molar-refractivity contribution is -0.120. The second-order valence-corrected chi connectivity index (χ2v) is 8.03. The van der Waals surface area contributed by atoms with Crippen molar-refractivity contribution in [2.45, 2.75) is 0 Å². The van der Waals surface area contributed by atoms with Crippen LogP contribution < -0.4 is 29.3 Å². The van der Waals surface area contributed by atoms with Crippen molar-refractivity contribution in [1.29, 1.82) is 0 Å². The Hall–Kier alpha value is -4.46. The molecule has 8 nitrogen and oxygen atoms in total. The molecule has 3 aromatic rings. The highest BCUT2D eigenvalue weighted by Crippen LogP contribution is 2.38. The van der Waals surface area contributed by atoms with Crippen molar-refractivity contribution in [3.63, 3.8) is 0 Å². The van der Waals surface area contributed by atoms with E-state index >= 15 is 0 Å². The topological polar surface area (TPSA) is 80.3 Å². The van der Waals surface area contributed by atoms with Gasteiger partial charge in [-0.3, -0.25) is 9.59 Å². The Bertz CT molecular complexity index is 1310. The molecule has 5 rings (SSSR count). The van der Waals surface area contributed by atoms with Crippen molar-refractivity contribution in [3.05, 3.63) is 78.0 Å². The molecule has 3 aromatic carbocycles. The number of amides is 2. The Morgan fingerprint density at radius 3 is 2.41 bits per heavy atom. The van der Waals surface area contributed by atoms with Crippen LogP contribution in [0.25, 0.3) is 5.57 Å². The number of hydrogen-bond acceptors (Lipinski definition) is 7. The second kappa shape index (κ2) is 8.47. The summed E-state index contributed by atoms with van der Waals surface area (Å²) in [6.07, 6.45) is 0. The molecule has 2 aliphatic heterocycles. The highest BCUT2D eigenvalue weighted by atomic mass is 16.7. The Morgan fingerprint density at radius 1 is 0.912 bits per heavy atom. The third-order valence-electron chi connectivity index (χ3n) is 5.71. The number of nitrogens with one attached hydrogen (secondary N) is 1. The van der Waals surface area contributed by atoms with Gasteiger partial charge in [0.15, 0.2) is 11.5 Å². The standard InChI is InChI=1S/C26H23N3O5/c1-28(2)18-5-4-6-19(14-18)29-25(30)23(16-7-10-20(32-3)11-8-16)24(26(29)31)27-17-9-12-21-22(13-17)34-15-33-21/h4-14,27H,15H2,1-3H3. The first-order valence-electron chi connectivity index (χ1n) is 10.7. The van der Waals surface area contributed by atoms with E-state index in [9.17, 15) is 9.59 Å². The minimum absolute atomic E-state index is 0.145. The number of anilines is 3. The molecular weight excluding hydrogens is 434 g/mol. The molecule has 0 unspecified atom stereocenters. The van der Waals surface area contributed by atoms with Gasteiger partial charge in [0.1, 0.15) is 11.4 Å². The van der Waals surface area contributed by atoms with Gasteiger partial charge in [0.05, 0.1) is 18.4 Å². The van der Waals surface area contributed by atoms with Crippen molar-refractivity contribution in [2.24, 2.45) is 0 Å². The van der Waals surface area contributed by atoms with Crippen LogP contribution in [0.15, 0.2) is 72.4 Å². The van der Waals surface area contributed by atoms with Gasteiger partial charge in [0.2, 0.25) is 6.79 Å². The van der Waals surface area contributed by atoms with Crippen molar-refractivity contribution >= 4 is 34.4 Å². The molecule has 8 heteroatoms. The van der Waals surface area contributed by atoms with E-state index in [4.69, 9.17) is 14.2 Å². The molecule has 0 aliphatic carbocycles. The van der Waals surface area contributed by atoms with Crippen molar-refractivity contribution in [2.75, 3.05) is 43.1 Å². The molecule has 0 radical (unpaired) electrons. The number of ether oxygens (including phenoxy) is 3. The quantitative estimate of drug-likeness (QED) is 0.563. The maximum absolute atomic E-state index is 13.7. The number of nitrogens with zero attached hydrogens (tertiary/aromatic N) is 2. The summed E-state index contributed by atoms with van der Waals surface area (Å²) in [4.78, 5) is 30.4. The van der Waals surface area contributed by atoms with Crippen LogP contribution in [0.5, 0.6) is 17.2 Å². The Labute approximate surface area is 196 Å². The van der Waals surface area contributed by atoms with Gasteiger partial charge in [0.25, 0.3) is 11.8 Å². The third-order valence-corrected chi connectivity index (χ3v) is 5.71. The highest BCUT2D eigenvalue weighted by Gasteiger charge is 2.40. The third kappa shape index (κ3) is 3.69. The summed E-state index contributed by atoms with van der Waals surface area (Å²) in [6, 6.07) is 19.6. The highest BCUT2D eigenvalue weighted by molar-refractivity contribution is 6.46. The lowest BCUT2D eigenvalue weighted by atomic mass is 10.0. The Balaban J connectivity index is 1.58. The first-order valence-corrected chi connectivity index (χ1v) is 10.7. The summed E-state index contributed by atoms with van der Waals surface area (Å²) >= 11 is 0. The molecule has 34 heavy (non-hydrogen) atoms. The average molecular weight is 457 g/mol. The molecule has 0 aromatic heterocycles. The van der Waals surface area contributed by atoms with E-state index in [1.807, 2.05) is 37.2 Å². The summed E-state index contributed by atoms with van der Waals surface area (Å²) in [5.41, 5.74) is 3.05. The number of methoxy groups -OCH3 is 1. The summed E-state index contributed by atoms with van der Waals surface area (Å²) < 4.78 is 16.1.